The Kier molecular flexibility index (Phi) is 5.92. The minimum absolute atomic E-state index is 0.0907. The van der Waals surface area contributed by atoms with Crippen LogP contribution in [0.5, 0.6) is 0 Å². The van der Waals surface area contributed by atoms with E-state index in [0.717, 1.165) is 10.8 Å². The largest absolute Gasteiger partial charge is 0.359 e. The van der Waals surface area contributed by atoms with Crippen LogP contribution in [0.1, 0.15) is 28.2 Å². The highest BCUT2D eigenvalue weighted by molar-refractivity contribution is 7.89. The van der Waals surface area contributed by atoms with Gasteiger partial charge in [-0.1, -0.05) is 53.8 Å². The minimum Gasteiger partial charge on any atom is -0.359 e. The van der Waals surface area contributed by atoms with Crippen molar-refractivity contribution in [2.24, 2.45) is 0 Å². The zero-order valence-corrected chi connectivity index (χ0v) is 19.3. The van der Waals surface area contributed by atoms with Gasteiger partial charge in [-0.25, -0.2) is 13.4 Å². The van der Waals surface area contributed by atoms with Crippen LogP contribution in [0.2, 0.25) is 0 Å². The Hall–Kier alpha value is -3.14. The third kappa shape index (κ3) is 4.39. The molecule has 0 amide bonds. The molecule has 33 heavy (non-hydrogen) atoms. The molecule has 1 N–H and O–H groups in total. The third-order valence-corrected chi connectivity index (χ3v) is 8.66. The van der Waals surface area contributed by atoms with Crippen molar-refractivity contribution in [3.8, 4) is 0 Å². The molecule has 0 atom stereocenters. The van der Waals surface area contributed by atoms with E-state index in [0.29, 0.717) is 46.5 Å². The second-order valence-electron chi connectivity index (χ2n) is 7.87. The fourth-order valence-corrected chi connectivity index (χ4v) is 6.57. The molecule has 0 aliphatic carbocycles. The van der Waals surface area contributed by atoms with E-state index in [1.807, 2.05) is 30.3 Å². The van der Waals surface area contributed by atoms with Gasteiger partial charge in [0.15, 0.2) is 5.13 Å². The number of benzene rings is 2. The summed E-state index contributed by atoms with van der Waals surface area (Å²) in [5.41, 5.74) is 0.389. The number of thiazole rings is 1. The van der Waals surface area contributed by atoms with E-state index in [1.165, 1.54) is 11.3 Å². The normalized spacial score (nSPS) is 15.5. The van der Waals surface area contributed by atoms with Crippen molar-refractivity contribution in [3.05, 3.63) is 83.6 Å². The molecule has 4 aromatic rings. The van der Waals surface area contributed by atoms with E-state index in [2.05, 4.69) is 15.3 Å². The molecule has 2 aromatic heterocycles. The first-order valence-corrected chi connectivity index (χ1v) is 12.9. The second-order valence-corrected chi connectivity index (χ2v) is 10.8. The molecule has 168 valence electrons. The maximum atomic E-state index is 13.3. The summed E-state index contributed by atoms with van der Waals surface area (Å²) >= 11 is 1.29. The molecule has 3 heterocycles. The van der Waals surface area contributed by atoms with Crippen LogP contribution in [0.25, 0.3) is 10.8 Å². The quantitative estimate of drug-likeness (QED) is 0.418. The molecule has 5 rings (SSSR count). The molecule has 0 spiro atoms. The number of nitrogens with one attached hydrogen (secondary N) is 1. The van der Waals surface area contributed by atoms with Crippen LogP contribution in [-0.4, -0.2) is 47.6 Å². The third-order valence-electron chi connectivity index (χ3n) is 5.78. The van der Waals surface area contributed by atoms with E-state index >= 15 is 0 Å². The average molecular weight is 479 g/mol. The predicted molar refractivity (Wildman–Crippen MR) is 129 cm³/mol. The molecule has 1 fully saturated rings. The first-order valence-electron chi connectivity index (χ1n) is 10.7. The molecule has 1 aliphatic rings. The number of sulfonamides is 1. The van der Waals surface area contributed by atoms with Gasteiger partial charge in [0.25, 0.3) is 0 Å². The molecule has 0 saturated carbocycles. The van der Waals surface area contributed by atoms with E-state index in [4.69, 9.17) is 0 Å². The zero-order valence-electron chi connectivity index (χ0n) is 17.7. The number of anilines is 1. The SMILES string of the molecule is O=C(c1ccccn1)c1cnc(NC2CCN(S(=O)(=O)c3cccc4ccccc34)CC2)s1. The van der Waals surface area contributed by atoms with Crippen LogP contribution in [-0.2, 0) is 10.0 Å². The zero-order chi connectivity index (χ0) is 22.8. The molecular formula is C24H22N4O3S2. The summed E-state index contributed by atoms with van der Waals surface area (Å²) in [7, 11) is -3.58. The van der Waals surface area contributed by atoms with Crippen LogP contribution < -0.4 is 5.32 Å². The highest BCUT2D eigenvalue weighted by Gasteiger charge is 2.30. The number of pyridine rings is 1. The first kappa shape index (κ1) is 21.7. The van der Waals surface area contributed by atoms with Crippen molar-refractivity contribution in [3.63, 3.8) is 0 Å². The van der Waals surface area contributed by atoms with Gasteiger partial charge in [-0.2, -0.15) is 4.31 Å². The second kappa shape index (κ2) is 9.01. The van der Waals surface area contributed by atoms with Crippen molar-refractivity contribution in [1.82, 2.24) is 14.3 Å². The highest BCUT2D eigenvalue weighted by atomic mass is 32.2. The number of carbonyl (C=O) groups is 1. The van der Waals surface area contributed by atoms with Gasteiger partial charge in [-0.3, -0.25) is 9.78 Å². The lowest BCUT2D eigenvalue weighted by Crippen LogP contribution is -2.42. The summed E-state index contributed by atoms with van der Waals surface area (Å²) < 4.78 is 28.2. The number of aromatic nitrogens is 2. The highest BCUT2D eigenvalue weighted by Crippen LogP contribution is 2.29. The van der Waals surface area contributed by atoms with Gasteiger partial charge in [0.05, 0.1) is 16.0 Å². The number of nitrogens with zero attached hydrogens (tertiary/aromatic N) is 3. The number of piperidine rings is 1. The van der Waals surface area contributed by atoms with Crippen molar-refractivity contribution in [2.75, 3.05) is 18.4 Å². The Morgan fingerprint density at radius 1 is 0.970 bits per heavy atom. The molecule has 0 radical (unpaired) electrons. The minimum atomic E-state index is -3.58. The van der Waals surface area contributed by atoms with Crippen molar-refractivity contribution in [1.29, 1.82) is 0 Å². The lowest BCUT2D eigenvalue weighted by atomic mass is 10.1. The summed E-state index contributed by atoms with van der Waals surface area (Å²) in [6.45, 7) is 0.850. The van der Waals surface area contributed by atoms with Gasteiger partial charge in [-0.15, -0.1) is 0 Å². The summed E-state index contributed by atoms with van der Waals surface area (Å²) in [6.07, 6.45) is 4.47. The maximum absolute atomic E-state index is 13.3. The van der Waals surface area contributed by atoms with Gasteiger partial charge in [0.2, 0.25) is 15.8 Å². The van der Waals surface area contributed by atoms with Crippen LogP contribution >= 0.6 is 11.3 Å². The maximum Gasteiger partial charge on any atom is 0.243 e. The molecular weight excluding hydrogens is 456 g/mol. The number of ketones is 1. The summed E-state index contributed by atoms with van der Waals surface area (Å²) in [5.74, 6) is -0.155. The molecule has 1 aliphatic heterocycles. The van der Waals surface area contributed by atoms with E-state index < -0.39 is 10.0 Å². The van der Waals surface area contributed by atoms with E-state index in [9.17, 15) is 13.2 Å². The fraction of sp³-hybridized carbons (Fsp3) is 0.208. The number of rotatable bonds is 6. The molecule has 0 bridgehead atoms. The molecule has 0 unspecified atom stereocenters. The lowest BCUT2D eigenvalue weighted by molar-refractivity contribution is 0.103. The lowest BCUT2D eigenvalue weighted by Gasteiger charge is -2.31. The number of carbonyl (C=O) groups excluding carboxylic acids is 1. The number of hydrogen-bond donors (Lipinski definition) is 1. The first-order chi connectivity index (χ1) is 16.0. The van der Waals surface area contributed by atoms with E-state index in [-0.39, 0.29) is 11.8 Å². The van der Waals surface area contributed by atoms with Crippen LogP contribution in [0.15, 0.2) is 78.0 Å². The number of hydrogen-bond acceptors (Lipinski definition) is 7. The average Bonchev–Trinajstić information content (AvgIpc) is 3.32. The van der Waals surface area contributed by atoms with Gasteiger partial charge >= 0.3 is 0 Å². The van der Waals surface area contributed by atoms with Crippen LogP contribution in [0.3, 0.4) is 0 Å². The van der Waals surface area contributed by atoms with Gasteiger partial charge in [-0.05, 0) is 36.4 Å². The van der Waals surface area contributed by atoms with Crippen LogP contribution in [0, 0.1) is 0 Å². The Bertz CT molecular complexity index is 1390. The summed E-state index contributed by atoms with van der Waals surface area (Å²) in [6, 6.07) is 18.2. The van der Waals surface area contributed by atoms with Crippen molar-refractivity contribution in [2.45, 2.75) is 23.8 Å². The Morgan fingerprint density at radius 3 is 2.52 bits per heavy atom. The Labute approximate surface area is 196 Å². The Morgan fingerprint density at radius 2 is 1.73 bits per heavy atom. The summed E-state index contributed by atoms with van der Waals surface area (Å²) in [4.78, 5) is 21.8. The van der Waals surface area contributed by atoms with Gasteiger partial charge in [0.1, 0.15) is 5.69 Å². The molecule has 1 saturated heterocycles. The topological polar surface area (TPSA) is 92.3 Å². The summed E-state index contributed by atoms with van der Waals surface area (Å²) in [5, 5.41) is 5.67. The monoisotopic (exact) mass is 478 g/mol. The molecule has 9 heteroatoms. The Balaban J connectivity index is 1.24. The standard InChI is InChI=1S/C24H22N4O3S2/c29-23(20-9-3-4-13-25-20)21-16-26-24(32-21)27-18-11-14-28(15-12-18)33(30,31)22-10-5-7-17-6-1-2-8-19(17)22/h1-10,13,16,18H,11-12,14-15H2,(H,26,27). The number of fused-ring (bicyclic) bond motifs is 1. The van der Waals surface area contributed by atoms with Gasteiger partial charge in [0, 0.05) is 30.7 Å². The van der Waals surface area contributed by atoms with Crippen molar-refractivity contribution < 1.29 is 13.2 Å². The van der Waals surface area contributed by atoms with E-state index in [1.54, 1.807) is 47.0 Å². The van der Waals surface area contributed by atoms with Crippen LogP contribution in [0.4, 0.5) is 5.13 Å². The predicted octanol–water partition coefficient (Wildman–Crippen LogP) is 4.19. The van der Waals surface area contributed by atoms with Gasteiger partial charge < -0.3 is 5.32 Å². The molecule has 7 nitrogen and oxygen atoms in total. The molecule has 2 aromatic carbocycles. The van der Waals surface area contributed by atoms with Crippen molar-refractivity contribution >= 4 is 43.0 Å². The fourth-order valence-electron chi connectivity index (χ4n) is 4.04. The smallest absolute Gasteiger partial charge is 0.243 e.